The van der Waals surface area contributed by atoms with Crippen LogP contribution in [0.25, 0.3) is 0 Å². The second kappa shape index (κ2) is 10.3. The Morgan fingerprint density at radius 3 is 2.53 bits per heavy atom. The molecule has 2 amide bonds. The number of hydrogen-bond donors (Lipinski definition) is 2. The van der Waals surface area contributed by atoms with Crippen LogP contribution in [0.3, 0.4) is 0 Å². The molecule has 3 heterocycles. The summed E-state index contributed by atoms with van der Waals surface area (Å²) >= 11 is 0. The van der Waals surface area contributed by atoms with E-state index in [0.29, 0.717) is 17.0 Å². The lowest BCUT2D eigenvalue weighted by atomic mass is 9.90. The van der Waals surface area contributed by atoms with Gasteiger partial charge in [-0.1, -0.05) is 11.2 Å². The molecule has 4 rings (SSSR count). The average molecular weight is 466 g/mol. The first-order valence-electron chi connectivity index (χ1n) is 11.2. The molecule has 1 fully saturated rings. The van der Waals surface area contributed by atoms with Gasteiger partial charge in [-0.05, 0) is 61.2 Å². The molecule has 34 heavy (non-hydrogen) atoms. The van der Waals surface area contributed by atoms with Gasteiger partial charge in [0.25, 0.3) is 11.8 Å². The lowest BCUT2D eigenvalue weighted by Gasteiger charge is -2.26. The summed E-state index contributed by atoms with van der Waals surface area (Å²) in [5, 5.41) is 16.0. The Balaban J connectivity index is 1.38. The molecule has 0 radical (unpaired) electrons. The fourth-order valence-corrected chi connectivity index (χ4v) is 3.96. The number of anilines is 1. The number of aliphatic carboxylic acids is 1. The van der Waals surface area contributed by atoms with Crippen molar-refractivity contribution in [1.29, 1.82) is 0 Å². The lowest BCUT2D eigenvalue weighted by molar-refractivity contribution is -0.152. The third-order valence-corrected chi connectivity index (χ3v) is 5.80. The van der Waals surface area contributed by atoms with Crippen molar-refractivity contribution in [2.75, 3.05) is 25.0 Å². The lowest BCUT2D eigenvalue weighted by Crippen LogP contribution is -2.45. The van der Waals surface area contributed by atoms with Crippen LogP contribution in [0.15, 0.2) is 53.8 Å². The topological polar surface area (TPSA) is 130 Å². The number of likely N-dealkylation sites (tertiary alicyclic amines) is 1. The number of ether oxygens (including phenoxy) is 1. The maximum atomic E-state index is 12.9. The third kappa shape index (κ3) is 5.51. The molecular weight excluding hydrogens is 440 g/mol. The Morgan fingerprint density at radius 2 is 1.85 bits per heavy atom. The van der Waals surface area contributed by atoms with E-state index in [9.17, 15) is 19.5 Å². The van der Waals surface area contributed by atoms with Crippen LogP contribution in [0.4, 0.5) is 5.82 Å². The van der Waals surface area contributed by atoms with Crippen LogP contribution >= 0.6 is 0 Å². The molecule has 10 nitrogen and oxygen atoms in total. The number of aromatic nitrogens is 1. The van der Waals surface area contributed by atoms with Gasteiger partial charge in [0.15, 0.2) is 6.61 Å². The molecule has 1 aromatic heterocycles. The summed E-state index contributed by atoms with van der Waals surface area (Å²) in [4.78, 5) is 47.9. The number of benzene rings is 1. The van der Waals surface area contributed by atoms with Gasteiger partial charge < -0.3 is 24.9 Å². The first-order chi connectivity index (χ1) is 16.4. The predicted octanol–water partition coefficient (Wildman–Crippen LogP) is 2.45. The van der Waals surface area contributed by atoms with Crippen LogP contribution in [0.2, 0.25) is 0 Å². The molecule has 1 atom stereocenters. The van der Waals surface area contributed by atoms with E-state index < -0.39 is 23.9 Å². The minimum absolute atomic E-state index is 0.0222. The minimum Gasteiger partial charge on any atom is -0.484 e. The van der Waals surface area contributed by atoms with Gasteiger partial charge in [0.2, 0.25) is 5.60 Å². The van der Waals surface area contributed by atoms with Gasteiger partial charge in [0, 0.05) is 25.7 Å². The van der Waals surface area contributed by atoms with Crippen LogP contribution in [0.5, 0.6) is 5.75 Å². The number of oxime groups is 1. The van der Waals surface area contributed by atoms with E-state index in [1.54, 1.807) is 42.5 Å². The van der Waals surface area contributed by atoms with E-state index in [1.807, 2.05) is 4.90 Å². The maximum absolute atomic E-state index is 12.9. The minimum atomic E-state index is -1.69. The largest absolute Gasteiger partial charge is 0.484 e. The van der Waals surface area contributed by atoms with Gasteiger partial charge >= 0.3 is 5.97 Å². The Kier molecular flexibility index (Phi) is 7.05. The van der Waals surface area contributed by atoms with Crippen molar-refractivity contribution in [1.82, 2.24) is 9.88 Å². The highest BCUT2D eigenvalue weighted by Gasteiger charge is 2.49. The van der Waals surface area contributed by atoms with Crippen LogP contribution in [0.1, 0.15) is 37.7 Å². The van der Waals surface area contributed by atoms with E-state index >= 15 is 0 Å². The summed E-state index contributed by atoms with van der Waals surface area (Å²) in [5.41, 5.74) is -0.588. The van der Waals surface area contributed by atoms with Gasteiger partial charge in [0.1, 0.15) is 11.6 Å². The maximum Gasteiger partial charge on any atom is 0.308 e. The first-order valence-corrected chi connectivity index (χ1v) is 11.2. The number of carbonyl (C=O) groups is 3. The zero-order valence-corrected chi connectivity index (χ0v) is 18.6. The summed E-state index contributed by atoms with van der Waals surface area (Å²) in [6.07, 6.45) is 4.13. The smallest absolute Gasteiger partial charge is 0.308 e. The SMILES string of the molecule is O=C(O)CC1(C(=O)Nc2ccccn2)CC(c2ccc(OCC(=O)N3CCCCC3)cc2)=NO1. The third-order valence-electron chi connectivity index (χ3n) is 5.80. The number of nitrogens with zero attached hydrogens (tertiary/aromatic N) is 3. The van der Waals surface area contributed by atoms with Gasteiger partial charge in [-0.15, -0.1) is 0 Å². The van der Waals surface area contributed by atoms with Crippen LogP contribution in [0, 0.1) is 0 Å². The highest BCUT2D eigenvalue weighted by molar-refractivity contribution is 6.09. The zero-order chi connectivity index (χ0) is 24.0. The van der Waals surface area contributed by atoms with Crippen LogP contribution in [-0.4, -0.2) is 63.8 Å². The van der Waals surface area contributed by atoms with E-state index in [2.05, 4.69) is 15.5 Å². The van der Waals surface area contributed by atoms with E-state index in [0.717, 1.165) is 32.4 Å². The number of piperidine rings is 1. The quantitative estimate of drug-likeness (QED) is 0.611. The van der Waals surface area contributed by atoms with E-state index in [4.69, 9.17) is 9.57 Å². The van der Waals surface area contributed by atoms with Gasteiger partial charge in [0.05, 0.1) is 12.1 Å². The summed E-state index contributed by atoms with van der Waals surface area (Å²) in [6, 6.07) is 11.9. The molecule has 10 heteroatoms. The Hall–Kier alpha value is -3.95. The molecule has 1 aromatic carbocycles. The molecule has 0 saturated carbocycles. The molecule has 2 aliphatic heterocycles. The molecule has 0 aliphatic carbocycles. The van der Waals surface area contributed by atoms with Crippen molar-refractivity contribution in [2.45, 2.75) is 37.7 Å². The van der Waals surface area contributed by atoms with Crippen molar-refractivity contribution < 1.29 is 29.1 Å². The highest BCUT2D eigenvalue weighted by atomic mass is 16.7. The van der Waals surface area contributed by atoms with Gasteiger partial charge in [-0.3, -0.25) is 14.4 Å². The molecular formula is C24H26N4O6. The normalized spacial score (nSPS) is 19.6. The number of amides is 2. The van der Waals surface area contributed by atoms with Crippen molar-refractivity contribution in [3.05, 3.63) is 54.2 Å². The second-order valence-electron chi connectivity index (χ2n) is 8.29. The summed E-state index contributed by atoms with van der Waals surface area (Å²) < 4.78 is 5.63. The Morgan fingerprint density at radius 1 is 1.09 bits per heavy atom. The van der Waals surface area contributed by atoms with Crippen LogP contribution in [-0.2, 0) is 19.2 Å². The number of carboxylic acids is 1. The molecule has 2 aromatic rings. The van der Waals surface area contributed by atoms with Crippen molar-refractivity contribution >= 4 is 29.3 Å². The van der Waals surface area contributed by atoms with Crippen LogP contribution < -0.4 is 10.1 Å². The number of nitrogens with one attached hydrogen (secondary N) is 1. The molecule has 0 bridgehead atoms. The standard InChI is InChI=1S/C24H26N4O6/c29-21(28-12-4-1-5-13-28)16-33-18-9-7-17(8-10-18)19-14-24(34-27-19,15-22(30)31)23(32)26-20-6-2-3-11-25-20/h2-3,6-11H,1,4-5,12-16H2,(H,30,31)(H,25,26,32). The average Bonchev–Trinajstić information content (AvgIpc) is 3.28. The fourth-order valence-electron chi connectivity index (χ4n) is 3.96. The molecule has 178 valence electrons. The fraction of sp³-hybridized carbons (Fsp3) is 0.375. The van der Waals surface area contributed by atoms with Crippen molar-refractivity contribution in [2.24, 2.45) is 5.16 Å². The van der Waals surface area contributed by atoms with Gasteiger partial charge in [-0.25, -0.2) is 4.98 Å². The Labute approximate surface area is 196 Å². The molecule has 1 saturated heterocycles. The number of carbonyl (C=O) groups excluding carboxylic acids is 2. The van der Waals surface area contributed by atoms with Crippen molar-refractivity contribution in [3.63, 3.8) is 0 Å². The summed E-state index contributed by atoms with van der Waals surface area (Å²) in [6.45, 7) is 1.51. The number of carboxylic acid groups (broad SMARTS) is 1. The number of pyridine rings is 1. The molecule has 2 aliphatic rings. The predicted molar refractivity (Wildman–Crippen MR) is 122 cm³/mol. The second-order valence-corrected chi connectivity index (χ2v) is 8.29. The summed E-state index contributed by atoms with van der Waals surface area (Å²) in [7, 11) is 0. The highest BCUT2D eigenvalue weighted by Crippen LogP contribution is 2.32. The Bertz CT molecular complexity index is 1070. The van der Waals surface area contributed by atoms with Crippen molar-refractivity contribution in [3.8, 4) is 5.75 Å². The zero-order valence-electron chi connectivity index (χ0n) is 18.6. The van der Waals surface area contributed by atoms with E-state index in [-0.39, 0.29) is 24.8 Å². The summed E-state index contributed by atoms with van der Waals surface area (Å²) in [5.74, 6) is -1.04. The molecule has 2 N–H and O–H groups in total. The van der Waals surface area contributed by atoms with Gasteiger partial charge in [-0.2, -0.15) is 0 Å². The number of hydrogen-bond acceptors (Lipinski definition) is 7. The molecule has 0 spiro atoms. The number of rotatable bonds is 8. The monoisotopic (exact) mass is 466 g/mol. The van der Waals surface area contributed by atoms with E-state index in [1.165, 1.54) is 6.20 Å². The first kappa shape index (κ1) is 23.2. The molecule has 1 unspecified atom stereocenters.